The van der Waals surface area contributed by atoms with E-state index in [1.807, 2.05) is 17.4 Å². The summed E-state index contributed by atoms with van der Waals surface area (Å²) in [7, 11) is 0. The molecule has 3 aromatic heterocycles. The molecule has 0 saturated heterocycles. The minimum atomic E-state index is -0.159. The number of aryl methyl sites for hydroxylation is 2. The van der Waals surface area contributed by atoms with Crippen molar-refractivity contribution in [3.8, 4) is 0 Å². The molecule has 8 heteroatoms. The summed E-state index contributed by atoms with van der Waals surface area (Å²) in [6, 6.07) is 3.61. The van der Waals surface area contributed by atoms with Crippen LogP contribution in [0.1, 0.15) is 45.9 Å². The number of nitrogens with one attached hydrogen (secondary N) is 1. The molecule has 29 heavy (non-hydrogen) atoms. The Hall–Kier alpha value is -2.61. The van der Waals surface area contributed by atoms with Gasteiger partial charge in [0.05, 0.1) is 11.8 Å². The Morgan fingerprint density at radius 2 is 2.00 bits per heavy atom. The van der Waals surface area contributed by atoms with E-state index in [0.717, 1.165) is 37.4 Å². The van der Waals surface area contributed by atoms with Crippen molar-refractivity contribution in [1.29, 1.82) is 0 Å². The Kier molecular flexibility index (Phi) is 7.09. The molecule has 0 spiro atoms. The number of aromatic nitrogens is 3. The van der Waals surface area contributed by atoms with Gasteiger partial charge in [0.25, 0.3) is 5.56 Å². The van der Waals surface area contributed by atoms with Crippen LogP contribution in [-0.4, -0.2) is 51.2 Å². The highest BCUT2D eigenvalue weighted by Gasteiger charge is 2.15. The van der Waals surface area contributed by atoms with Gasteiger partial charge in [-0.1, -0.05) is 20.8 Å². The third kappa shape index (κ3) is 4.70. The molecule has 0 bridgehead atoms. The molecule has 0 atom stereocenters. The maximum Gasteiger partial charge on any atom is 0.291 e. The number of carbonyl (C=O) groups excluding carboxylic acids is 1. The van der Waals surface area contributed by atoms with Crippen LogP contribution >= 0.6 is 0 Å². The highest BCUT2D eigenvalue weighted by atomic mass is 16.3. The lowest BCUT2D eigenvalue weighted by molar-refractivity contribution is -0.121. The van der Waals surface area contributed by atoms with Crippen LogP contribution < -0.4 is 10.9 Å². The van der Waals surface area contributed by atoms with E-state index in [0.29, 0.717) is 43.5 Å². The minimum absolute atomic E-state index is 0.0228. The molecule has 0 aliphatic carbocycles. The molecule has 8 nitrogen and oxygen atoms in total. The molecule has 0 saturated carbocycles. The maximum atomic E-state index is 12.8. The number of furan rings is 1. The second-order valence-corrected chi connectivity index (χ2v) is 7.17. The van der Waals surface area contributed by atoms with E-state index in [1.54, 1.807) is 12.3 Å². The Labute approximate surface area is 170 Å². The zero-order valence-electron chi connectivity index (χ0n) is 17.6. The molecule has 0 radical (unpaired) electrons. The highest BCUT2D eigenvalue weighted by Crippen LogP contribution is 2.20. The second kappa shape index (κ2) is 9.73. The third-order valence-electron chi connectivity index (χ3n) is 5.33. The zero-order chi connectivity index (χ0) is 20.8. The number of hydrogen-bond donors (Lipinski definition) is 1. The molecule has 0 fully saturated rings. The molecular formula is C21H31N5O3. The number of carbonyl (C=O) groups is 1. The molecule has 3 aromatic rings. The van der Waals surface area contributed by atoms with Gasteiger partial charge in [0.2, 0.25) is 5.91 Å². The summed E-state index contributed by atoms with van der Waals surface area (Å²) in [5, 5.41) is 7.48. The van der Waals surface area contributed by atoms with E-state index in [2.05, 4.69) is 29.2 Å². The summed E-state index contributed by atoms with van der Waals surface area (Å²) in [5.74, 6) is 0.825. The number of rotatable bonds is 11. The molecule has 158 valence electrons. The zero-order valence-corrected chi connectivity index (χ0v) is 17.6. The third-order valence-corrected chi connectivity index (χ3v) is 5.33. The van der Waals surface area contributed by atoms with Crippen molar-refractivity contribution < 1.29 is 9.21 Å². The maximum absolute atomic E-state index is 12.8. The van der Waals surface area contributed by atoms with Gasteiger partial charge >= 0.3 is 0 Å². The smallest absolute Gasteiger partial charge is 0.291 e. The monoisotopic (exact) mass is 401 g/mol. The molecule has 3 heterocycles. The van der Waals surface area contributed by atoms with Gasteiger partial charge in [-0.3, -0.25) is 14.0 Å². The standard InChI is InChI=1S/C21H31N5O3/c1-4-19-23-25(21(28)17-15-18-16(26(17)19)10-14-29-18)13-7-9-20(27)22-11-8-12-24(5-2)6-3/h10,14-15H,4-9,11-13H2,1-3H3,(H,22,27). The van der Waals surface area contributed by atoms with Gasteiger partial charge < -0.3 is 14.6 Å². The first-order valence-corrected chi connectivity index (χ1v) is 10.6. The van der Waals surface area contributed by atoms with Crippen LogP contribution in [0.5, 0.6) is 0 Å². The molecule has 0 aliphatic rings. The minimum Gasteiger partial charge on any atom is -0.463 e. The van der Waals surface area contributed by atoms with E-state index >= 15 is 0 Å². The first-order valence-electron chi connectivity index (χ1n) is 10.6. The number of fused-ring (bicyclic) bond motifs is 3. The van der Waals surface area contributed by atoms with E-state index < -0.39 is 0 Å². The van der Waals surface area contributed by atoms with E-state index in [4.69, 9.17) is 4.42 Å². The predicted octanol–water partition coefficient (Wildman–Crippen LogP) is 2.43. The lowest BCUT2D eigenvalue weighted by Crippen LogP contribution is -2.30. The summed E-state index contributed by atoms with van der Waals surface area (Å²) in [6.45, 7) is 10.5. The largest absolute Gasteiger partial charge is 0.463 e. The van der Waals surface area contributed by atoms with E-state index in [9.17, 15) is 9.59 Å². The van der Waals surface area contributed by atoms with Crippen LogP contribution in [0.4, 0.5) is 0 Å². The first kappa shape index (κ1) is 21.1. The average Bonchev–Trinajstić information content (AvgIpc) is 3.32. The van der Waals surface area contributed by atoms with Crippen molar-refractivity contribution in [3.63, 3.8) is 0 Å². The Morgan fingerprint density at radius 3 is 2.72 bits per heavy atom. The molecule has 1 N–H and O–H groups in total. The van der Waals surface area contributed by atoms with Gasteiger partial charge in [0.15, 0.2) is 5.58 Å². The van der Waals surface area contributed by atoms with E-state index in [1.165, 1.54) is 4.68 Å². The van der Waals surface area contributed by atoms with E-state index in [-0.39, 0.29) is 11.5 Å². The number of nitrogens with zero attached hydrogens (tertiary/aromatic N) is 4. The lowest BCUT2D eigenvalue weighted by Gasteiger charge is -2.17. The number of amides is 1. The first-order chi connectivity index (χ1) is 14.1. The summed E-state index contributed by atoms with van der Waals surface area (Å²) in [6.07, 6.45) is 4.21. The van der Waals surface area contributed by atoms with Crippen LogP contribution in [0.2, 0.25) is 0 Å². The summed E-state index contributed by atoms with van der Waals surface area (Å²) < 4.78 is 8.77. The van der Waals surface area contributed by atoms with Crippen molar-refractivity contribution in [2.75, 3.05) is 26.2 Å². The lowest BCUT2D eigenvalue weighted by atomic mass is 10.3. The quantitative estimate of drug-likeness (QED) is 0.499. The van der Waals surface area contributed by atoms with Crippen LogP contribution in [0, 0.1) is 0 Å². The molecule has 0 aliphatic heterocycles. The van der Waals surface area contributed by atoms with Crippen molar-refractivity contribution >= 4 is 22.5 Å². The van der Waals surface area contributed by atoms with Crippen LogP contribution in [0.15, 0.2) is 27.6 Å². The Bertz CT molecular complexity index is 1010. The van der Waals surface area contributed by atoms with Gasteiger partial charge in [0, 0.05) is 38.1 Å². The van der Waals surface area contributed by atoms with Crippen LogP contribution in [0.25, 0.3) is 16.6 Å². The molecule has 0 unspecified atom stereocenters. The van der Waals surface area contributed by atoms with Crippen molar-refractivity contribution in [2.45, 2.75) is 53.0 Å². The topological polar surface area (TPSA) is 84.8 Å². The normalized spacial score (nSPS) is 11.7. The van der Waals surface area contributed by atoms with Gasteiger partial charge in [-0.15, -0.1) is 0 Å². The van der Waals surface area contributed by atoms with Gasteiger partial charge in [0.1, 0.15) is 11.3 Å². The molecule has 0 aromatic carbocycles. The van der Waals surface area contributed by atoms with Crippen molar-refractivity contribution in [2.24, 2.45) is 0 Å². The average molecular weight is 402 g/mol. The molecule has 1 amide bonds. The van der Waals surface area contributed by atoms with Gasteiger partial charge in [-0.25, -0.2) is 4.68 Å². The summed E-state index contributed by atoms with van der Waals surface area (Å²) in [5.41, 5.74) is 1.94. The predicted molar refractivity (Wildman–Crippen MR) is 113 cm³/mol. The van der Waals surface area contributed by atoms with Crippen molar-refractivity contribution in [1.82, 2.24) is 24.4 Å². The van der Waals surface area contributed by atoms with Gasteiger partial charge in [-0.2, -0.15) is 5.10 Å². The second-order valence-electron chi connectivity index (χ2n) is 7.17. The summed E-state index contributed by atoms with van der Waals surface area (Å²) >= 11 is 0. The highest BCUT2D eigenvalue weighted by molar-refractivity contribution is 5.82. The van der Waals surface area contributed by atoms with Crippen LogP contribution in [0.3, 0.4) is 0 Å². The Balaban J connectivity index is 1.56. The molecular weight excluding hydrogens is 370 g/mol. The molecule has 3 rings (SSSR count). The summed E-state index contributed by atoms with van der Waals surface area (Å²) in [4.78, 5) is 27.2. The fraction of sp³-hybridized carbons (Fsp3) is 0.571. The van der Waals surface area contributed by atoms with Gasteiger partial charge in [-0.05, 0) is 32.5 Å². The van der Waals surface area contributed by atoms with Crippen molar-refractivity contribution in [3.05, 3.63) is 34.6 Å². The SMILES string of the molecule is CCc1nn(CCCC(=O)NCCCN(CC)CC)c(=O)c2cc3occc3n12. The van der Waals surface area contributed by atoms with Crippen LogP contribution in [-0.2, 0) is 17.8 Å². The number of hydrogen-bond acceptors (Lipinski definition) is 5. The Morgan fingerprint density at radius 1 is 1.21 bits per heavy atom. The fourth-order valence-electron chi connectivity index (χ4n) is 3.65. The fourth-order valence-corrected chi connectivity index (χ4v) is 3.65.